The first kappa shape index (κ1) is 16.7. The summed E-state index contributed by atoms with van der Waals surface area (Å²) < 4.78 is 0. The molecule has 0 radical (unpaired) electrons. The summed E-state index contributed by atoms with van der Waals surface area (Å²) >= 11 is 0. The maximum Gasteiger partial charge on any atom is 0.121 e. The molecule has 3 heteroatoms. The Morgan fingerprint density at radius 1 is 1.04 bits per heavy atom. The number of hydrogen-bond donors (Lipinski definition) is 1. The van der Waals surface area contributed by atoms with E-state index in [4.69, 9.17) is 4.99 Å². The fourth-order valence-electron chi connectivity index (χ4n) is 3.24. The second-order valence-corrected chi connectivity index (χ2v) is 6.60. The predicted octanol–water partition coefficient (Wildman–Crippen LogP) is 4.03. The van der Waals surface area contributed by atoms with Crippen LogP contribution in [0.5, 0.6) is 0 Å². The summed E-state index contributed by atoms with van der Waals surface area (Å²) in [5.41, 5.74) is 2.54. The summed E-state index contributed by atoms with van der Waals surface area (Å²) in [4.78, 5) is 7.51. The van der Waals surface area contributed by atoms with E-state index in [1.807, 2.05) is 0 Å². The molecule has 1 aliphatic rings. The Morgan fingerprint density at radius 3 is 2.38 bits per heavy atom. The molecule has 2 aromatic carbocycles. The lowest BCUT2D eigenvalue weighted by Gasteiger charge is -2.32. The van der Waals surface area contributed by atoms with Crippen molar-refractivity contribution in [3.05, 3.63) is 71.8 Å². The predicted molar refractivity (Wildman–Crippen MR) is 101 cm³/mol. The van der Waals surface area contributed by atoms with Gasteiger partial charge in [-0.25, -0.2) is 0 Å². The van der Waals surface area contributed by atoms with Crippen LogP contribution in [0.15, 0.2) is 65.7 Å². The Kier molecular flexibility index (Phi) is 5.65. The number of benzene rings is 2. The molecule has 24 heavy (non-hydrogen) atoms. The molecule has 1 aliphatic heterocycles. The SMILES string of the molecule is CC(C)N1CCCNC(c2ccccc2)C1=NCc1ccccc1. The average molecular weight is 321 g/mol. The van der Waals surface area contributed by atoms with Crippen LogP contribution in [0.1, 0.15) is 37.4 Å². The lowest BCUT2D eigenvalue weighted by Crippen LogP contribution is -2.42. The van der Waals surface area contributed by atoms with Crippen molar-refractivity contribution in [1.82, 2.24) is 10.2 Å². The van der Waals surface area contributed by atoms with E-state index in [-0.39, 0.29) is 6.04 Å². The van der Waals surface area contributed by atoms with E-state index in [1.165, 1.54) is 11.1 Å². The number of aliphatic imine (C=N–C) groups is 1. The lowest BCUT2D eigenvalue weighted by atomic mass is 10.0. The zero-order valence-corrected chi connectivity index (χ0v) is 14.7. The van der Waals surface area contributed by atoms with Crippen LogP contribution in [0.3, 0.4) is 0 Å². The molecule has 0 amide bonds. The molecule has 3 nitrogen and oxygen atoms in total. The quantitative estimate of drug-likeness (QED) is 0.920. The van der Waals surface area contributed by atoms with Gasteiger partial charge in [0.15, 0.2) is 0 Å². The number of rotatable bonds is 4. The minimum absolute atomic E-state index is 0.166. The molecule has 0 bridgehead atoms. The van der Waals surface area contributed by atoms with E-state index in [0.29, 0.717) is 6.04 Å². The fourth-order valence-corrected chi connectivity index (χ4v) is 3.24. The van der Waals surface area contributed by atoms with Gasteiger partial charge in [-0.15, -0.1) is 0 Å². The molecule has 0 aliphatic carbocycles. The van der Waals surface area contributed by atoms with Gasteiger partial charge in [0.25, 0.3) is 0 Å². The van der Waals surface area contributed by atoms with Gasteiger partial charge in [0, 0.05) is 12.6 Å². The summed E-state index contributed by atoms with van der Waals surface area (Å²) in [5, 5.41) is 3.70. The molecule has 0 aromatic heterocycles. The molecular weight excluding hydrogens is 294 g/mol. The van der Waals surface area contributed by atoms with Crippen molar-refractivity contribution >= 4 is 5.84 Å². The summed E-state index contributed by atoms with van der Waals surface area (Å²) in [6.07, 6.45) is 1.14. The van der Waals surface area contributed by atoms with Gasteiger partial charge in [0.05, 0.1) is 12.6 Å². The van der Waals surface area contributed by atoms with Crippen LogP contribution < -0.4 is 5.32 Å². The normalized spacial score (nSPS) is 20.4. The molecular formula is C21H27N3. The second-order valence-electron chi connectivity index (χ2n) is 6.60. The van der Waals surface area contributed by atoms with Gasteiger partial charge in [-0.1, -0.05) is 60.7 Å². The van der Waals surface area contributed by atoms with Crippen molar-refractivity contribution in [2.24, 2.45) is 4.99 Å². The minimum Gasteiger partial charge on any atom is -0.356 e. The maximum absolute atomic E-state index is 5.05. The van der Waals surface area contributed by atoms with Gasteiger partial charge < -0.3 is 10.2 Å². The van der Waals surface area contributed by atoms with Crippen LogP contribution in [-0.2, 0) is 6.54 Å². The first-order valence-electron chi connectivity index (χ1n) is 8.89. The van der Waals surface area contributed by atoms with Crippen LogP contribution in [0, 0.1) is 0 Å². The Balaban J connectivity index is 1.94. The standard InChI is InChI=1S/C21H27N3/c1-17(2)24-15-9-14-22-20(19-12-7-4-8-13-19)21(24)23-16-18-10-5-3-6-11-18/h3-8,10-13,17,20,22H,9,14-16H2,1-2H3. The van der Waals surface area contributed by atoms with Gasteiger partial charge in [-0.05, 0) is 37.9 Å². The minimum atomic E-state index is 0.166. The molecule has 1 saturated heterocycles. The number of nitrogens with zero attached hydrogens (tertiary/aromatic N) is 2. The lowest BCUT2D eigenvalue weighted by molar-refractivity contribution is 0.346. The fraction of sp³-hybridized carbons (Fsp3) is 0.381. The zero-order valence-electron chi connectivity index (χ0n) is 14.7. The van der Waals surface area contributed by atoms with Crippen molar-refractivity contribution in [3.8, 4) is 0 Å². The molecule has 126 valence electrons. The van der Waals surface area contributed by atoms with E-state index in [0.717, 1.165) is 31.9 Å². The highest BCUT2D eigenvalue weighted by Gasteiger charge is 2.27. The van der Waals surface area contributed by atoms with Gasteiger partial charge in [-0.2, -0.15) is 0 Å². The Bertz CT molecular complexity index is 649. The number of nitrogens with one attached hydrogen (secondary N) is 1. The first-order chi connectivity index (χ1) is 11.8. The van der Waals surface area contributed by atoms with E-state index >= 15 is 0 Å². The summed E-state index contributed by atoms with van der Waals surface area (Å²) in [5.74, 6) is 1.16. The third-order valence-corrected chi connectivity index (χ3v) is 4.50. The molecule has 1 fully saturated rings. The summed E-state index contributed by atoms with van der Waals surface area (Å²) in [7, 11) is 0. The van der Waals surface area contributed by atoms with Crippen molar-refractivity contribution < 1.29 is 0 Å². The maximum atomic E-state index is 5.05. The highest BCUT2D eigenvalue weighted by molar-refractivity contribution is 5.89. The second kappa shape index (κ2) is 8.11. The van der Waals surface area contributed by atoms with Crippen LogP contribution in [0.2, 0.25) is 0 Å². The summed E-state index contributed by atoms with van der Waals surface area (Å²) in [6.45, 7) is 7.32. The van der Waals surface area contributed by atoms with Gasteiger partial charge >= 0.3 is 0 Å². The number of amidine groups is 1. The molecule has 1 unspecified atom stereocenters. The van der Waals surface area contributed by atoms with Crippen molar-refractivity contribution in [2.45, 2.75) is 38.9 Å². The highest BCUT2D eigenvalue weighted by atomic mass is 15.2. The Morgan fingerprint density at radius 2 is 1.71 bits per heavy atom. The first-order valence-corrected chi connectivity index (χ1v) is 8.89. The van der Waals surface area contributed by atoms with Gasteiger partial charge in [-0.3, -0.25) is 4.99 Å². The van der Waals surface area contributed by atoms with Crippen molar-refractivity contribution in [2.75, 3.05) is 13.1 Å². The van der Waals surface area contributed by atoms with Crippen LogP contribution in [-0.4, -0.2) is 29.9 Å². The van der Waals surface area contributed by atoms with Gasteiger partial charge in [0.2, 0.25) is 0 Å². The average Bonchev–Trinajstić information content (AvgIpc) is 2.84. The summed E-state index contributed by atoms with van der Waals surface area (Å²) in [6, 6.07) is 21.8. The van der Waals surface area contributed by atoms with E-state index in [9.17, 15) is 0 Å². The molecule has 3 rings (SSSR count). The van der Waals surface area contributed by atoms with E-state index in [1.54, 1.807) is 0 Å². The molecule has 0 saturated carbocycles. The van der Waals surface area contributed by atoms with Crippen LogP contribution in [0.4, 0.5) is 0 Å². The van der Waals surface area contributed by atoms with Gasteiger partial charge in [0.1, 0.15) is 5.84 Å². The molecule has 1 N–H and O–H groups in total. The largest absolute Gasteiger partial charge is 0.356 e. The Labute approximate surface area is 145 Å². The van der Waals surface area contributed by atoms with Crippen LogP contribution >= 0.6 is 0 Å². The smallest absolute Gasteiger partial charge is 0.121 e. The third kappa shape index (κ3) is 4.04. The third-order valence-electron chi connectivity index (χ3n) is 4.50. The van der Waals surface area contributed by atoms with Crippen molar-refractivity contribution in [3.63, 3.8) is 0 Å². The van der Waals surface area contributed by atoms with E-state index in [2.05, 4.69) is 84.7 Å². The molecule has 1 atom stereocenters. The molecule has 1 heterocycles. The highest BCUT2D eigenvalue weighted by Crippen LogP contribution is 2.22. The Hall–Kier alpha value is -2.13. The topological polar surface area (TPSA) is 27.6 Å². The number of hydrogen-bond acceptors (Lipinski definition) is 2. The monoisotopic (exact) mass is 321 g/mol. The van der Waals surface area contributed by atoms with E-state index < -0.39 is 0 Å². The molecule has 0 spiro atoms. The van der Waals surface area contributed by atoms with Crippen LogP contribution in [0.25, 0.3) is 0 Å². The van der Waals surface area contributed by atoms with Crippen molar-refractivity contribution in [1.29, 1.82) is 0 Å². The zero-order chi connectivity index (χ0) is 16.8. The molecule has 2 aromatic rings.